The molecule has 0 spiro atoms. The Morgan fingerprint density at radius 1 is 1.26 bits per heavy atom. The third kappa shape index (κ3) is 3.50. The summed E-state index contributed by atoms with van der Waals surface area (Å²) in [7, 11) is 0. The summed E-state index contributed by atoms with van der Waals surface area (Å²) < 4.78 is 0. The molecule has 1 aliphatic rings. The summed E-state index contributed by atoms with van der Waals surface area (Å²) in [6.07, 6.45) is 5.43. The van der Waals surface area contributed by atoms with Crippen LogP contribution in [-0.4, -0.2) is 28.2 Å². The predicted molar refractivity (Wildman–Crippen MR) is 73.8 cm³/mol. The second-order valence-electron chi connectivity index (χ2n) is 5.37. The van der Waals surface area contributed by atoms with Crippen molar-refractivity contribution in [2.75, 3.05) is 0 Å². The topological polar surface area (TPSA) is 80.9 Å². The van der Waals surface area contributed by atoms with Gasteiger partial charge >= 0.3 is 0 Å². The standard InChI is InChI=1S/C14H22N4O/c1-9-8-11(10(2)18-17-9)14(19)16-13-7-5-3-4-6-12(13)15/h8,12-13H,3-7,15H2,1-2H3,(H,16,19). The highest BCUT2D eigenvalue weighted by Gasteiger charge is 2.23. The lowest BCUT2D eigenvalue weighted by atomic mass is 10.0. The van der Waals surface area contributed by atoms with Gasteiger partial charge in [-0.1, -0.05) is 19.3 Å². The Bertz CT molecular complexity index is 461. The maximum Gasteiger partial charge on any atom is 0.253 e. The summed E-state index contributed by atoms with van der Waals surface area (Å²) in [6, 6.07) is 1.91. The van der Waals surface area contributed by atoms with Gasteiger partial charge in [0.1, 0.15) is 0 Å². The summed E-state index contributed by atoms with van der Waals surface area (Å²) in [5.41, 5.74) is 8.14. The highest BCUT2D eigenvalue weighted by Crippen LogP contribution is 2.17. The van der Waals surface area contributed by atoms with E-state index in [0.29, 0.717) is 11.3 Å². The van der Waals surface area contributed by atoms with E-state index in [9.17, 15) is 4.79 Å². The summed E-state index contributed by atoms with van der Waals surface area (Å²) >= 11 is 0. The number of carbonyl (C=O) groups is 1. The molecule has 0 bridgehead atoms. The van der Waals surface area contributed by atoms with Gasteiger partial charge in [0.25, 0.3) is 5.91 Å². The van der Waals surface area contributed by atoms with Crippen LogP contribution in [0, 0.1) is 13.8 Å². The Kier molecular flexibility index (Phi) is 4.47. The second kappa shape index (κ2) is 6.10. The van der Waals surface area contributed by atoms with E-state index in [4.69, 9.17) is 5.73 Å². The smallest absolute Gasteiger partial charge is 0.253 e. The van der Waals surface area contributed by atoms with Gasteiger partial charge in [0, 0.05) is 12.1 Å². The molecule has 3 N–H and O–H groups in total. The van der Waals surface area contributed by atoms with Gasteiger partial charge in [-0.05, 0) is 32.8 Å². The SMILES string of the molecule is Cc1cc(C(=O)NC2CCCCCC2N)c(C)nn1. The highest BCUT2D eigenvalue weighted by molar-refractivity contribution is 5.95. The molecule has 0 aliphatic heterocycles. The number of aryl methyl sites for hydroxylation is 2. The normalized spacial score (nSPS) is 23.7. The van der Waals surface area contributed by atoms with Crippen molar-refractivity contribution in [3.8, 4) is 0 Å². The number of hydrogen-bond donors (Lipinski definition) is 2. The van der Waals surface area contributed by atoms with E-state index < -0.39 is 0 Å². The number of nitrogens with zero attached hydrogens (tertiary/aromatic N) is 2. The van der Waals surface area contributed by atoms with Gasteiger partial charge in [-0.25, -0.2) is 0 Å². The molecule has 1 amide bonds. The summed E-state index contributed by atoms with van der Waals surface area (Å²) in [4.78, 5) is 12.3. The number of carbonyl (C=O) groups excluding carboxylic acids is 1. The van der Waals surface area contributed by atoms with E-state index >= 15 is 0 Å². The molecule has 1 aromatic heterocycles. The van der Waals surface area contributed by atoms with E-state index in [1.165, 1.54) is 6.42 Å². The van der Waals surface area contributed by atoms with E-state index in [1.807, 2.05) is 6.92 Å². The van der Waals surface area contributed by atoms with Gasteiger partial charge in [-0.2, -0.15) is 10.2 Å². The number of aromatic nitrogens is 2. The average Bonchev–Trinajstić information content (AvgIpc) is 2.58. The van der Waals surface area contributed by atoms with Crippen LogP contribution in [0.25, 0.3) is 0 Å². The Morgan fingerprint density at radius 3 is 2.79 bits per heavy atom. The van der Waals surface area contributed by atoms with Crippen LogP contribution in [0.1, 0.15) is 53.8 Å². The minimum atomic E-state index is -0.0853. The molecular weight excluding hydrogens is 240 g/mol. The van der Waals surface area contributed by atoms with Crippen molar-refractivity contribution in [3.05, 3.63) is 23.0 Å². The van der Waals surface area contributed by atoms with Crippen LogP contribution < -0.4 is 11.1 Å². The number of hydrogen-bond acceptors (Lipinski definition) is 4. The van der Waals surface area contributed by atoms with E-state index in [-0.39, 0.29) is 18.0 Å². The zero-order valence-corrected chi connectivity index (χ0v) is 11.6. The first kappa shape index (κ1) is 13.9. The summed E-state index contributed by atoms with van der Waals surface area (Å²) in [5.74, 6) is -0.0853. The molecule has 5 nitrogen and oxygen atoms in total. The number of nitrogens with two attached hydrogens (primary N) is 1. The molecular formula is C14H22N4O. The van der Waals surface area contributed by atoms with Crippen molar-refractivity contribution >= 4 is 5.91 Å². The molecule has 0 saturated heterocycles. The first-order valence-corrected chi connectivity index (χ1v) is 6.95. The molecule has 2 unspecified atom stereocenters. The first-order chi connectivity index (χ1) is 9.08. The van der Waals surface area contributed by atoms with Crippen LogP contribution in [0.15, 0.2) is 6.07 Å². The van der Waals surface area contributed by atoms with Crippen LogP contribution in [0.5, 0.6) is 0 Å². The number of amides is 1. The maximum absolute atomic E-state index is 12.3. The molecule has 19 heavy (non-hydrogen) atoms. The molecule has 1 aromatic rings. The molecule has 104 valence electrons. The minimum absolute atomic E-state index is 0.0580. The Hall–Kier alpha value is -1.49. The molecule has 1 heterocycles. The second-order valence-corrected chi connectivity index (χ2v) is 5.37. The molecule has 0 radical (unpaired) electrons. The predicted octanol–water partition coefficient (Wildman–Crippen LogP) is 1.48. The zero-order chi connectivity index (χ0) is 13.8. The quantitative estimate of drug-likeness (QED) is 0.791. The van der Waals surface area contributed by atoms with Gasteiger partial charge in [0.05, 0.1) is 17.0 Å². The van der Waals surface area contributed by atoms with Crippen LogP contribution in [-0.2, 0) is 0 Å². The maximum atomic E-state index is 12.3. The van der Waals surface area contributed by atoms with Crippen LogP contribution in [0.3, 0.4) is 0 Å². The molecule has 1 aliphatic carbocycles. The largest absolute Gasteiger partial charge is 0.348 e. The van der Waals surface area contributed by atoms with Crippen LogP contribution >= 0.6 is 0 Å². The van der Waals surface area contributed by atoms with Crippen molar-refractivity contribution in [1.82, 2.24) is 15.5 Å². The highest BCUT2D eigenvalue weighted by atomic mass is 16.1. The molecule has 1 saturated carbocycles. The van der Waals surface area contributed by atoms with Gasteiger partial charge in [-0.3, -0.25) is 4.79 Å². The van der Waals surface area contributed by atoms with E-state index in [2.05, 4.69) is 15.5 Å². The molecule has 2 atom stereocenters. The minimum Gasteiger partial charge on any atom is -0.348 e. The molecule has 2 rings (SSSR count). The summed E-state index contributed by atoms with van der Waals surface area (Å²) in [6.45, 7) is 3.63. The number of rotatable bonds is 2. The fraction of sp³-hybridized carbons (Fsp3) is 0.643. The first-order valence-electron chi connectivity index (χ1n) is 6.95. The van der Waals surface area contributed by atoms with Crippen LogP contribution in [0.2, 0.25) is 0 Å². The van der Waals surface area contributed by atoms with Crippen molar-refractivity contribution in [2.45, 2.75) is 58.0 Å². The lowest BCUT2D eigenvalue weighted by Gasteiger charge is -2.23. The summed E-state index contributed by atoms with van der Waals surface area (Å²) in [5, 5.41) is 11.0. The van der Waals surface area contributed by atoms with E-state index in [0.717, 1.165) is 31.4 Å². The van der Waals surface area contributed by atoms with Crippen molar-refractivity contribution in [3.63, 3.8) is 0 Å². The van der Waals surface area contributed by atoms with E-state index in [1.54, 1.807) is 13.0 Å². The number of nitrogens with one attached hydrogen (secondary N) is 1. The van der Waals surface area contributed by atoms with Gasteiger partial charge in [-0.15, -0.1) is 0 Å². The van der Waals surface area contributed by atoms with Gasteiger partial charge < -0.3 is 11.1 Å². The lowest BCUT2D eigenvalue weighted by Crippen LogP contribution is -2.47. The average molecular weight is 262 g/mol. The van der Waals surface area contributed by atoms with Crippen molar-refractivity contribution < 1.29 is 4.79 Å². The monoisotopic (exact) mass is 262 g/mol. The molecule has 1 fully saturated rings. The lowest BCUT2D eigenvalue weighted by molar-refractivity contribution is 0.0927. The third-order valence-corrected chi connectivity index (χ3v) is 3.73. The fourth-order valence-electron chi connectivity index (χ4n) is 2.54. The van der Waals surface area contributed by atoms with Gasteiger partial charge in [0.15, 0.2) is 0 Å². The van der Waals surface area contributed by atoms with Gasteiger partial charge in [0.2, 0.25) is 0 Å². The Balaban J connectivity index is 2.09. The Morgan fingerprint density at radius 2 is 2.00 bits per heavy atom. The van der Waals surface area contributed by atoms with Crippen molar-refractivity contribution in [2.24, 2.45) is 5.73 Å². The molecule has 5 heteroatoms. The third-order valence-electron chi connectivity index (χ3n) is 3.73. The van der Waals surface area contributed by atoms with Crippen LogP contribution in [0.4, 0.5) is 0 Å². The zero-order valence-electron chi connectivity index (χ0n) is 11.6. The molecule has 0 aromatic carbocycles. The fourth-order valence-corrected chi connectivity index (χ4v) is 2.54. The van der Waals surface area contributed by atoms with Crippen molar-refractivity contribution in [1.29, 1.82) is 0 Å². The Labute approximate surface area is 114 Å².